The highest BCUT2D eigenvalue weighted by molar-refractivity contribution is 6.28. The van der Waals surface area contributed by atoms with Crippen LogP contribution in [0.1, 0.15) is 5.56 Å². The zero-order valence-corrected chi connectivity index (χ0v) is 12.5. The molecule has 4 nitrogen and oxygen atoms in total. The summed E-state index contributed by atoms with van der Waals surface area (Å²) >= 11 is 0. The average molecular weight is 332 g/mol. The first-order valence-electron chi connectivity index (χ1n) is 6.93. The van der Waals surface area contributed by atoms with Gasteiger partial charge in [-0.25, -0.2) is 22.9 Å². The third kappa shape index (κ3) is 2.54. The number of halogens is 3. The molecule has 7 heteroatoms. The van der Waals surface area contributed by atoms with Crippen molar-refractivity contribution in [2.75, 3.05) is 11.9 Å². The number of likely N-dealkylation sites (N-methyl/N-ethyl adjacent to an activating group) is 1. The van der Waals surface area contributed by atoms with E-state index in [1.807, 2.05) is 0 Å². The molecule has 0 N–H and O–H groups in total. The molecular weight excluding hydrogens is 321 g/mol. The maximum atomic E-state index is 13.9. The molecule has 2 aromatic rings. The van der Waals surface area contributed by atoms with Crippen molar-refractivity contribution in [2.24, 2.45) is 0 Å². The molecule has 0 unspecified atom stereocenters. The molecule has 0 saturated carbocycles. The Morgan fingerprint density at radius 3 is 2.38 bits per heavy atom. The molecule has 24 heavy (non-hydrogen) atoms. The molecule has 2 aromatic carbocycles. The summed E-state index contributed by atoms with van der Waals surface area (Å²) in [4.78, 5) is 26.2. The SMILES string of the molecule is CN1C(=O)N(c2cc(F)ccc2F)C(=O)/C1=C/c1ccccc1F. The van der Waals surface area contributed by atoms with Gasteiger partial charge in [0, 0.05) is 18.7 Å². The van der Waals surface area contributed by atoms with Crippen molar-refractivity contribution in [1.82, 2.24) is 4.90 Å². The van der Waals surface area contributed by atoms with Crippen LogP contribution in [0.4, 0.5) is 23.7 Å². The number of imide groups is 1. The molecule has 1 heterocycles. The van der Waals surface area contributed by atoms with E-state index in [0.717, 1.165) is 23.1 Å². The van der Waals surface area contributed by atoms with Gasteiger partial charge in [-0.3, -0.25) is 9.69 Å². The van der Waals surface area contributed by atoms with E-state index in [0.29, 0.717) is 4.90 Å². The van der Waals surface area contributed by atoms with Crippen LogP contribution in [0, 0.1) is 17.5 Å². The molecule has 122 valence electrons. The largest absolute Gasteiger partial charge is 0.336 e. The smallest absolute Gasteiger partial charge is 0.292 e. The summed E-state index contributed by atoms with van der Waals surface area (Å²) in [5.74, 6) is -3.15. The zero-order chi connectivity index (χ0) is 17.4. The summed E-state index contributed by atoms with van der Waals surface area (Å²) in [6, 6.07) is 7.29. The molecule has 3 amide bonds. The second kappa shape index (κ2) is 5.84. The molecule has 1 aliphatic heterocycles. The number of urea groups is 1. The Labute approximate surface area is 135 Å². The first-order chi connectivity index (χ1) is 11.4. The van der Waals surface area contributed by atoms with E-state index in [9.17, 15) is 22.8 Å². The predicted octanol–water partition coefficient (Wildman–Crippen LogP) is 3.54. The van der Waals surface area contributed by atoms with Crippen LogP contribution in [0.2, 0.25) is 0 Å². The second-order valence-corrected chi connectivity index (χ2v) is 5.13. The Kier molecular flexibility index (Phi) is 3.84. The van der Waals surface area contributed by atoms with Crippen LogP contribution in [-0.4, -0.2) is 23.9 Å². The third-order valence-electron chi connectivity index (χ3n) is 3.61. The van der Waals surface area contributed by atoms with Gasteiger partial charge in [0.15, 0.2) is 0 Å². The Morgan fingerprint density at radius 1 is 0.958 bits per heavy atom. The fraction of sp³-hybridized carbons (Fsp3) is 0.0588. The molecule has 0 aromatic heterocycles. The van der Waals surface area contributed by atoms with Gasteiger partial charge < -0.3 is 0 Å². The molecule has 0 aliphatic carbocycles. The number of hydrogen-bond acceptors (Lipinski definition) is 2. The molecule has 0 spiro atoms. The summed E-state index contributed by atoms with van der Waals surface area (Å²) in [7, 11) is 1.30. The van der Waals surface area contributed by atoms with Crippen LogP contribution < -0.4 is 4.90 Å². The highest BCUT2D eigenvalue weighted by atomic mass is 19.1. The Balaban J connectivity index is 2.07. The van der Waals surface area contributed by atoms with E-state index >= 15 is 0 Å². The number of carbonyl (C=O) groups excluding carboxylic acids is 2. The van der Waals surface area contributed by atoms with Gasteiger partial charge in [-0.1, -0.05) is 18.2 Å². The Bertz CT molecular complexity index is 880. The van der Waals surface area contributed by atoms with E-state index in [-0.39, 0.29) is 11.3 Å². The lowest BCUT2D eigenvalue weighted by Crippen LogP contribution is -2.32. The number of rotatable bonds is 2. The Morgan fingerprint density at radius 2 is 1.67 bits per heavy atom. The molecular formula is C17H11F3N2O2. The van der Waals surface area contributed by atoms with Crippen molar-refractivity contribution in [3.63, 3.8) is 0 Å². The van der Waals surface area contributed by atoms with Crippen LogP contribution in [-0.2, 0) is 4.79 Å². The topological polar surface area (TPSA) is 40.6 Å². The van der Waals surface area contributed by atoms with Crippen molar-refractivity contribution in [2.45, 2.75) is 0 Å². The van der Waals surface area contributed by atoms with Gasteiger partial charge >= 0.3 is 6.03 Å². The molecule has 0 atom stereocenters. The third-order valence-corrected chi connectivity index (χ3v) is 3.61. The molecule has 1 aliphatic rings. The van der Waals surface area contributed by atoms with Gasteiger partial charge in [0.05, 0.1) is 5.69 Å². The summed E-state index contributed by atoms with van der Waals surface area (Å²) in [6.45, 7) is 0. The average Bonchev–Trinajstić information content (AvgIpc) is 2.76. The van der Waals surface area contributed by atoms with Gasteiger partial charge in [-0.05, 0) is 24.3 Å². The van der Waals surface area contributed by atoms with E-state index < -0.39 is 35.1 Å². The highest BCUT2D eigenvalue weighted by Crippen LogP contribution is 2.30. The van der Waals surface area contributed by atoms with Crippen molar-refractivity contribution in [1.29, 1.82) is 0 Å². The molecule has 0 bridgehead atoms. The molecule has 0 radical (unpaired) electrons. The van der Waals surface area contributed by atoms with E-state index in [1.165, 1.54) is 31.3 Å². The number of amides is 3. The van der Waals surface area contributed by atoms with E-state index in [1.54, 1.807) is 6.07 Å². The van der Waals surface area contributed by atoms with Crippen LogP contribution >= 0.6 is 0 Å². The summed E-state index contributed by atoms with van der Waals surface area (Å²) in [6.07, 6.45) is 1.19. The maximum absolute atomic E-state index is 13.9. The predicted molar refractivity (Wildman–Crippen MR) is 81.4 cm³/mol. The highest BCUT2D eigenvalue weighted by Gasteiger charge is 2.41. The number of carbonyl (C=O) groups is 2. The van der Waals surface area contributed by atoms with Crippen LogP contribution in [0.15, 0.2) is 48.2 Å². The molecule has 1 saturated heterocycles. The lowest BCUT2D eigenvalue weighted by molar-refractivity contribution is -0.114. The lowest BCUT2D eigenvalue weighted by atomic mass is 10.1. The zero-order valence-electron chi connectivity index (χ0n) is 12.5. The maximum Gasteiger partial charge on any atom is 0.336 e. The number of hydrogen-bond donors (Lipinski definition) is 0. The number of benzene rings is 2. The van der Waals surface area contributed by atoms with Crippen molar-refractivity contribution < 1.29 is 22.8 Å². The van der Waals surface area contributed by atoms with Crippen LogP contribution in [0.25, 0.3) is 6.08 Å². The quantitative estimate of drug-likeness (QED) is 0.623. The van der Waals surface area contributed by atoms with E-state index in [2.05, 4.69) is 0 Å². The second-order valence-electron chi connectivity index (χ2n) is 5.13. The van der Waals surface area contributed by atoms with Crippen molar-refractivity contribution >= 4 is 23.7 Å². The lowest BCUT2D eigenvalue weighted by Gasteiger charge is -2.14. The monoisotopic (exact) mass is 332 g/mol. The van der Waals surface area contributed by atoms with Crippen molar-refractivity contribution in [3.8, 4) is 0 Å². The van der Waals surface area contributed by atoms with Gasteiger partial charge in [0.25, 0.3) is 5.91 Å². The van der Waals surface area contributed by atoms with Gasteiger partial charge in [-0.2, -0.15) is 0 Å². The minimum absolute atomic E-state index is 0.0991. The van der Waals surface area contributed by atoms with Crippen LogP contribution in [0.3, 0.4) is 0 Å². The fourth-order valence-electron chi connectivity index (χ4n) is 2.37. The van der Waals surface area contributed by atoms with Gasteiger partial charge in [0.2, 0.25) is 0 Å². The standard InChI is InChI=1S/C17H11F3N2O2/c1-21-15(8-10-4-2-3-5-12(10)19)16(23)22(17(21)24)14-9-11(18)6-7-13(14)20/h2-9H,1H3/b15-8-. The van der Waals surface area contributed by atoms with Gasteiger partial charge in [0.1, 0.15) is 23.1 Å². The number of anilines is 1. The van der Waals surface area contributed by atoms with Gasteiger partial charge in [-0.15, -0.1) is 0 Å². The first kappa shape index (κ1) is 15.8. The molecule has 3 rings (SSSR count). The minimum atomic E-state index is -0.918. The summed E-state index contributed by atoms with van der Waals surface area (Å²) in [5, 5.41) is 0. The normalized spacial score (nSPS) is 16.4. The van der Waals surface area contributed by atoms with Crippen molar-refractivity contribution in [3.05, 3.63) is 71.2 Å². The Hall–Kier alpha value is -3.09. The summed E-state index contributed by atoms with van der Waals surface area (Å²) in [5.41, 5.74) is -0.537. The molecule has 1 fully saturated rings. The van der Waals surface area contributed by atoms with E-state index in [4.69, 9.17) is 0 Å². The van der Waals surface area contributed by atoms with Crippen LogP contribution in [0.5, 0.6) is 0 Å². The number of nitrogens with zero attached hydrogens (tertiary/aromatic N) is 2. The first-order valence-corrected chi connectivity index (χ1v) is 6.93. The minimum Gasteiger partial charge on any atom is -0.292 e. The summed E-state index contributed by atoms with van der Waals surface area (Å²) < 4.78 is 41.0. The fourth-order valence-corrected chi connectivity index (χ4v) is 2.37.